The lowest BCUT2D eigenvalue weighted by atomic mass is 10.1. The van der Waals surface area contributed by atoms with Gasteiger partial charge in [-0.3, -0.25) is 0 Å². The molecule has 0 saturated carbocycles. The van der Waals surface area contributed by atoms with Crippen LogP contribution in [-0.2, 0) is 6.42 Å². The first-order valence-corrected chi connectivity index (χ1v) is 6.58. The minimum atomic E-state index is 0.0572. The van der Waals surface area contributed by atoms with Gasteiger partial charge in [-0.25, -0.2) is 15.0 Å². The standard InChI is InChI=1S/C15H16N4O/c1-9-7-13(19-15(16-9)5-6-20)11-3-4-12-14(8-11)18-10(2)17-12/h3-4,7-8,20H,5-6H2,1-2H3,(H,17,18). The van der Waals surface area contributed by atoms with Crippen LogP contribution in [0.1, 0.15) is 17.3 Å². The highest BCUT2D eigenvalue weighted by Crippen LogP contribution is 2.22. The van der Waals surface area contributed by atoms with Gasteiger partial charge in [0.05, 0.1) is 23.3 Å². The third-order valence-electron chi connectivity index (χ3n) is 3.13. The Labute approximate surface area is 116 Å². The Hall–Kier alpha value is -2.27. The van der Waals surface area contributed by atoms with E-state index in [1.165, 1.54) is 0 Å². The molecule has 2 aromatic heterocycles. The molecule has 0 radical (unpaired) electrons. The predicted molar refractivity (Wildman–Crippen MR) is 77.4 cm³/mol. The second kappa shape index (κ2) is 5.02. The summed E-state index contributed by atoms with van der Waals surface area (Å²) in [6, 6.07) is 7.98. The Morgan fingerprint density at radius 1 is 1.10 bits per heavy atom. The van der Waals surface area contributed by atoms with Crippen LogP contribution >= 0.6 is 0 Å². The van der Waals surface area contributed by atoms with Crippen LogP contribution in [0.3, 0.4) is 0 Å². The maximum absolute atomic E-state index is 9.02. The first kappa shape index (κ1) is 12.7. The number of aliphatic hydroxyl groups excluding tert-OH is 1. The van der Waals surface area contributed by atoms with Crippen LogP contribution in [0.5, 0.6) is 0 Å². The molecule has 102 valence electrons. The Morgan fingerprint density at radius 2 is 1.95 bits per heavy atom. The fourth-order valence-corrected chi connectivity index (χ4v) is 2.29. The van der Waals surface area contributed by atoms with Gasteiger partial charge in [-0.05, 0) is 32.0 Å². The van der Waals surface area contributed by atoms with Crippen molar-refractivity contribution in [2.75, 3.05) is 6.61 Å². The van der Waals surface area contributed by atoms with E-state index in [1.54, 1.807) is 0 Å². The van der Waals surface area contributed by atoms with E-state index in [9.17, 15) is 0 Å². The molecule has 0 fully saturated rings. The van der Waals surface area contributed by atoms with Gasteiger partial charge in [-0.2, -0.15) is 0 Å². The first-order chi connectivity index (χ1) is 9.65. The highest BCUT2D eigenvalue weighted by molar-refractivity contribution is 5.81. The quantitative estimate of drug-likeness (QED) is 0.763. The van der Waals surface area contributed by atoms with Gasteiger partial charge < -0.3 is 10.1 Å². The average molecular weight is 268 g/mol. The van der Waals surface area contributed by atoms with Crippen molar-refractivity contribution in [3.05, 3.63) is 41.6 Å². The average Bonchev–Trinajstić information content (AvgIpc) is 2.77. The number of aryl methyl sites for hydroxylation is 2. The predicted octanol–water partition coefficient (Wildman–Crippen LogP) is 2.17. The fourth-order valence-electron chi connectivity index (χ4n) is 2.29. The molecule has 0 saturated heterocycles. The molecule has 5 nitrogen and oxygen atoms in total. The molecule has 0 unspecified atom stereocenters. The summed E-state index contributed by atoms with van der Waals surface area (Å²) in [7, 11) is 0. The van der Waals surface area contributed by atoms with Crippen LogP contribution in [0.15, 0.2) is 24.3 Å². The van der Waals surface area contributed by atoms with E-state index < -0.39 is 0 Å². The first-order valence-electron chi connectivity index (χ1n) is 6.58. The minimum Gasteiger partial charge on any atom is -0.396 e. The number of rotatable bonds is 3. The van der Waals surface area contributed by atoms with Gasteiger partial charge in [0.1, 0.15) is 11.6 Å². The van der Waals surface area contributed by atoms with E-state index in [4.69, 9.17) is 5.11 Å². The third kappa shape index (κ3) is 2.40. The smallest absolute Gasteiger partial charge is 0.131 e. The maximum Gasteiger partial charge on any atom is 0.131 e. The number of imidazole rings is 1. The zero-order valence-corrected chi connectivity index (χ0v) is 11.5. The van der Waals surface area contributed by atoms with E-state index in [2.05, 4.69) is 19.9 Å². The van der Waals surface area contributed by atoms with Gasteiger partial charge in [-0.1, -0.05) is 6.07 Å². The molecule has 0 bridgehead atoms. The molecule has 0 aliphatic rings. The maximum atomic E-state index is 9.02. The van der Waals surface area contributed by atoms with Crippen LogP contribution < -0.4 is 0 Å². The van der Waals surface area contributed by atoms with Gasteiger partial charge >= 0.3 is 0 Å². The summed E-state index contributed by atoms with van der Waals surface area (Å²) < 4.78 is 0. The number of H-pyrrole nitrogens is 1. The molecule has 3 aromatic rings. The van der Waals surface area contributed by atoms with E-state index >= 15 is 0 Å². The zero-order chi connectivity index (χ0) is 14.1. The van der Waals surface area contributed by atoms with Crippen LogP contribution in [0.25, 0.3) is 22.3 Å². The van der Waals surface area contributed by atoms with E-state index in [0.29, 0.717) is 12.2 Å². The van der Waals surface area contributed by atoms with Crippen LogP contribution in [0.4, 0.5) is 0 Å². The molecule has 3 rings (SSSR count). The Balaban J connectivity index is 2.09. The molecule has 0 amide bonds. The highest BCUT2D eigenvalue weighted by Gasteiger charge is 2.07. The molecular weight excluding hydrogens is 252 g/mol. The number of aromatic nitrogens is 4. The van der Waals surface area contributed by atoms with Gasteiger partial charge in [0.25, 0.3) is 0 Å². The number of benzene rings is 1. The second-order valence-corrected chi connectivity index (χ2v) is 4.84. The summed E-state index contributed by atoms with van der Waals surface area (Å²) in [5.74, 6) is 1.57. The zero-order valence-electron chi connectivity index (χ0n) is 11.5. The van der Waals surface area contributed by atoms with Crippen molar-refractivity contribution in [3.8, 4) is 11.3 Å². The van der Waals surface area contributed by atoms with Crippen molar-refractivity contribution in [3.63, 3.8) is 0 Å². The molecule has 0 spiro atoms. The summed E-state index contributed by atoms with van der Waals surface area (Å²) >= 11 is 0. The lowest BCUT2D eigenvalue weighted by molar-refractivity contribution is 0.296. The molecular formula is C15H16N4O. The normalized spacial score (nSPS) is 11.2. The van der Waals surface area contributed by atoms with E-state index in [-0.39, 0.29) is 6.61 Å². The Bertz CT molecular complexity index is 764. The topological polar surface area (TPSA) is 74.7 Å². The number of aromatic amines is 1. The monoisotopic (exact) mass is 268 g/mol. The van der Waals surface area contributed by atoms with Crippen LogP contribution in [-0.4, -0.2) is 31.6 Å². The second-order valence-electron chi connectivity index (χ2n) is 4.84. The molecule has 2 heterocycles. The number of nitrogens with zero attached hydrogens (tertiary/aromatic N) is 3. The molecule has 5 heteroatoms. The lowest BCUT2D eigenvalue weighted by Crippen LogP contribution is -2.01. The summed E-state index contributed by atoms with van der Waals surface area (Å²) in [5, 5.41) is 9.02. The Morgan fingerprint density at radius 3 is 2.75 bits per heavy atom. The van der Waals surface area contributed by atoms with Crippen LogP contribution in [0, 0.1) is 13.8 Å². The summed E-state index contributed by atoms with van der Waals surface area (Å²) in [4.78, 5) is 16.4. The van der Waals surface area contributed by atoms with Crippen molar-refractivity contribution in [1.29, 1.82) is 0 Å². The molecule has 0 aliphatic heterocycles. The number of aliphatic hydroxyl groups is 1. The lowest BCUT2D eigenvalue weighted by Gasteiger charge is -2.05. The third-order valence-corrected chi connectivity index (χ3v) is 3.13. The number of nitrogens with one attached hydrogen (secondary N) is 1. The SMILES string of the molecule is Cc1cc(-c2ccc3nc(C)[nH]c3c2)nc(CCO)n1. The molecule has 0 atom stereocenters. The van der Waals surface area contributed by atoms with Crippen molar-refractivity contribution >= 4 is 11.0 Å². The number of hydrogen-bond donors (Lipinski definition) is 2. The van der Waals surface area contributed by atoms with Gasteiger partial charge in [-0.15, -0.1) is 0 Å². The molecule has 20 heavy (non-hydrogen) atoms. The number of hydrogen-bond acceptors (Lipinski definition) is 4. The van der Waals surface area contributed by atoms with Crippen molar-refractivity contribution in [2.24, 2.45) is 0 Å². The largest absolute Gasteiger partial charge is 0.396 e. The fraction of sp³-hybridized carbons (Fsp3) is 0.267. The van der Waals surface area contributed by atoms with Crippen LogP contribution in [0.2, 0.25) is 0 Å². The number of fused-ring (bicyclic) bond motifs is 1. The Kier molecular flexibility index (Phi) is 3.20. The summed E-state index contributed by atoms with van der Waals surface area (Å²) in [6.45, 7) is 3.93. The van der Waals surface area contributed by atoms with Crippen molar-refractivity contribution < 1.29 is 5.11 Å². The van der Waals surface area contributed by atoms with Gasteiger partial charge in [0, 0.05) is 17.7 Å². The highest BCUT2D eigenvalue weighted by atomic mass is 16.3. The van der Waals surface area contributed by atoms with Crippen molar-refractivity contribution in [2.45, 2.75) is 20.3 Å². The van der Waals surface area contributed by atoms with Gasteiger partial charge in [0.2, 0.25) is 0 Å². The molecule has 1 aromatic carbocycles. The summed E-state index contributed by atoms with van der Waals surface area (Å²) in [5.41, 5.74) is 4.74. The van der Waals surface area contributed by atoms with Crippen molar-refractivity contribution in [1.82, 2.24) is 19.9 Å². The molecule has 2 N–H and O–H groups in total. The van der Waals surface area contributed by atoms with Gasteiger partial charge in [0.15, 0.2) is 0 Å². The van der Waals surface area contributed by atoms with E-state index in [0.717, 1.165) is 33.8 Å². The molecule has 0 aliphatic carbocycles. The summed E-state index contributed by atoms with van der Waals surface area (Å²) in [6.07, 6.45) is 0.472. The van der Waals surface area contributed by atoms with E-state index in [1.807, 2.05) is 38.1 Å². The minimum absolute atomic E-state index is 0.0572.